The highest BCUT2D eigenvalue weighted by Gasteiger charge is 2.33. The van der Waals surface area contributed by atoms with Crippen LogP contribution in [0.1, 0.15) is 49.2 Å². The van der Waals surface area contributed by atoms with Crippen molar-refractivity contribution in [1.82, 2.24) is 19.8 Å². The maximum Gasteiger partial charge on any atom is 0.414 e. The minimum atomic E-state index is -0.619. The number of nitrogens with zero attached hydrogens (tertiary/aromatic N) is 5. The fourth-order valence-electron chi connectivity index (χ4n) is 4.01. The summed E-state index contributed by atoms with van der Waals surface area (Å²) in [6.45, 7) is 8.27. The van der Waals surface area contributed by atoms with Crippen molar-refractivity contribution in [3.63, 3.8) is 0 Å². The molecule has 2 aromatic rings. The van der Waals surface area contributed by atoms with Crippen LogP contribution in [0.4, 0.5) is 10.6 Å². The van der Waals surface area contributed by atoms with Crippen LogP contribution in [0.25, 0.3) is 11.0 Å². The first-order valence-electron chi connectivity index (χ1n) is 11.2. The van der Waals surface area contributed by atoms with Crippen LogP contribution in [0.3, 0.4) is 0 Å². The van der Waals surface area contributed by atoms with Gasteiger partial charge >= 0.3 is 6.09 Å². The second-order valence-electron chi connectivity index (χ2n) is 9.48. The van der Waals surface area contributed by atoms with Gasteiger partial charge in [0, 0.05) is 44.5 Å². The van der Waals surface area contributed by atoms with E-state index >= 15 is 0 Å². The highest BCUT2D eigenvalue weighted by Crippen LogP contribution is 2.36. The number of benzene rings is 1. The largest absolute Gasteiger partial charge is 0.443 e. The number of amides is 2. The van der Waals surface area contributed by atoms with Crippen molar-refractivity contribution in [2.75, 3.05) is 45.3 Å². The van der Waals surface area contributed by atoms with Crippen LogP contribution in [0.5, 0.6) is 0 Å². The molecule has 1 unspecified atom stereocenters. The summed E-state index contributed by atoms with van der Waals surface area (Å²) in [6, 6.07) is 3.25. The number of fused-ring (bicyclic) bond motifs is 1. The van der Waals surface area contributed by atoms with Gasteiger partial charge in [-0.05, 0) is 39.3 Å². The smallest absolute Gasteiger partial charge is 0.414 e. The number of anilines is 1. The van der Waals surface area contributed by atoms with Gasteiger partial charge in [-0.25, -0.2) is 9.78 Å². The van der Waals surface area contributed by atoms with Gasteiger partial charge in [0.05, 0.1) is 36.5 Å². The Hall–Kier alpha value is -3.20. The van der Waals surface area contributed by atoms with Gasteiger partial charge in [-0.3, -0.25) is 14.7 Å². The van der Waals surface area contributed by atoms with E-state index in [4.69, 9.17) is 14.5 Å². The number of rotatable bonds is 3. The summed E-state index contributed by atoms with van der Waals surface area (Å²) in [5, 5.41) is 0. The summed E-state index contributed by atoms with van der Waals surface area (Å²) in [7, 11) is 3.42. The van der Waals surface area contributed by atoms with E-state index in [0.29, 0.717) is 36.2 Å². The van der Waals surface area contributed by atoms with Gasteiger partial charge in [0.2, 0.25) is 0 Å². The van der Waals surface area contributed by atoms with E-state index in [2.05, 4.69) is 9.88 Å². The van der Waals surface area contributed by atoms with E-state index < -0.39 is 11.7 Å². The van der Waals surface area contributed by atoms with E-state index in [1.54, 1.807) is 37.5 Å². The van der Waals surface area contributed by atoms with E-state index in [1.165, 1.54) is 4.90 Å². The van der Waals surface area contributed by atoms with Gasteiger partial charge in [-0.1, -0.05) is 6.08 Å². The lowest BCUT2D eigenvalue weighted by Gasteiger charge is -2.30. The van der Waals surface area contributed by atoms with Gasteiger partial charge in [-0.15, -0.1) is 0 Å². The van der Waals surface area contributed by atoms with Crippen LogP contribution in [0.15, 0.2) is 30.6 Å². The summed E-state index contributed by atoms with van der Waals surface area (Å²) in [5.41, 5.74) is 1.96. The molecule has 2 aliphatic rings. The predicted molar refractivity (Wildman–Crippen MR) is 125 cm³/mol. The fraction of sp³-hybridized carbons (Fsp3) is 0.500. The van der Waals surface area contributed by atoms with E-state index in [0.717, 1.165) is 24.5 Å². The Bertz CT molecular complexity index is 1090. The maximum atomic E-state index is 12.9. The highest BCUT2D eigenvalue weighted by molar-refractivity contribution is 5.98. The minimum Gasteiger partial charge on any atom is -0.443 e. The quantitative estimate of drug-likeness (QED) is 0.704. The standard InChI is InChI=1S/C24H31N5O4/c1-24(2,3)33-23(31)29-8-6-7-19(29)17-13-16(22(30)27(4)5)14-18-21(17)26-20(15-25-18)28-9-11-32-12-10-28/h6,8,13-15,19H,7,9-12H2,1-5H3. The number of ether oxygens (including phenoxy) is 2. The first-order chi connectivity index (χ1) is 15.6. The molecule has 9 nitrogen and oxygen atoms in total. The molecule has 176 valence electrons. The molecule has 0 bridgehead atoms. The second-order valence-corrected chi connectivity index (χ2v) is 9.48. The van der Waals surface area contributed by atoms with Gasteiger partial charge < -0.3 is 19.3 Å². The van der Waals surface area contributed by atoms with Crippen LogP contribution in [0.2, 0.25) is 0 Å². The zero-order chi connectivity index (χ0) is 23.8. The number of carbonyl (C=O) groups excluding carboxylic acids is 2. The average Bonchev–Trinajstić information content (AvgIpc) is 3.27. The molecule has 3 heterocycles. The molecule has 1 fully saturated rings. The summed E-state index contributed by atoms with van der Waals surface area (Å²) in [6.07, 6.45) is 5.57. The molecular weight excluding hydrogens is 422 g/mol. The normalized spacial score (nSPS) is 18.6. The molecule has 0 saturated carbocycles. The number of hydrogen-bond donors (Lipinski definition) is 0. The predicted octanol–water partition coefficient (Wildman–Crippen LogP) is 3.36. The number of carbonyl (C=O) groups is 2. The number of hydrogen-bond acceptors (Lipinski definition) is 7. The van der Waals surface area contributed by atoms with E-state index in [9.17, 15) is 9.59 Å². The molecule has 1 saturated heterocycles. The average molecular weight is 454 g/mol. The van der Waals surface area contributed by atoms with Gasteiger partial charge in [0.25, 0.3) is 5.91 Å². The molecule has 1 aromatic carbocycles. The first-order valence-corrected chi connectivity index (χ1v) is 11.2. The summed E-state index contributed by atoms with van der Waals surface area (Å²) in [5.74, 6) is 0.625. The summed E-state index contributed by atoms with van der Waals surface area (Å²) >= 11 is 0. The third-order valence-corrected chi connectivity index (χ3v) is 5.58. The molecule has 33 heavy (non-hydrogen) atoms. The molecule has 1 atom stereocenters. The van der Waals surface area contributed by atoms with Crippen LogP contribution < -0.4 is 4.90 Å². The van der Waals surface area contributed by atoms with Crippen molar-refractivity contribution in [1.29, 1.82) is 0 Å². The zero-order valence-electron chi connectivity index (χ0n) is 19.9. The van der Waals surface area contributed by atoms with Crippen molar-refractivity contribution >= 4 is 28.9 Å². The second kappa shape index (κ2) is 8.97. The van der Waals surface area contributed by atoms with Gasteiger partial charge in [-0.2, -0.15) is 0 Å². The van der Waals surface area contributed by atoms with Crippen LogP contribution in [-0.2, 0) is 9.47 Å². The third kappa shape index (κ3) is 4.93. The van der Waals surface area contributed by atoms with E-state index in [-0.39, 0.29) is 11.9 Å². The molecule has 0 aliphatic carbocycles. The Kier molecular flexibility index (Phi) is 6.25. The molecule has 9 heteroatoms. The molecule has 2 aliphatic heterocycles. The topological polar surface area (TPSA) is 88.1 Å². The third-order valence-electron chi connectivity index (χ3n) is 5.58. The van der Waals surface area contributed by atoms with Crippen molar-refractivity contribution in [3.05, 3.63) is 41.7 Å². The minimum absolute atomic E-state index is 0.132. The van der Waals surface area contributed by atoms with Crippen LogP contribution >= 0.6 is 0 Å². The maximum absolute atomic E-state index is 12.9. The number of aromatic nitrogens is 2. The lowest BCUT2D eigenvalue weighted by Crippen LogP contribution is -2.37. The molecule has 0 N–H and O–H groups in total. The molecule has 2 amide bonds. The first kappa shape index (κ1) is 23.0. The Labute approximate surface area is 194 Å². The lowest BCUT2D eigenvalue weighted by atomic mass is 9.99. The number of morpholine rings is 1. The summed E-state index contributed by atoms with van der Waals surface area (Å²) < 4.78 is 11.1. The van der Waals surface area contributed by atoms with Gasteiger partial charge in [0.15, 0.2) is 0 Å². The summed E-state index contributed by atoms with van der Waals surface area (Å²) in [4.78, 5) is 40.6. The van der Waals surface area contributed by atoms with Crippen molar-refractivity contribution in [3.8, 4) is 0 Å². The molecule has 4 rings (SSSR count). The lowest BCUT2D eigenvalue weighted by molar-refractivity contribution is 0.0287. The monoisotopic (exact) mass is 453 g/mol. The Morgan fingerprint density at radius 2 is 1.91 bits per heavy atom. The zero-order valence-corrected chi connectivity index (χ0v) is 19.9. The molecular formula is C24H31N5O4. The van der Waals surface area contributed by atoms with Crippen molar-refractivity contribution < 1.29 is 19.1 Å². The molecule has 1 aromatic heterocycles. The Balaban J connectivity index is 1.80. The Morgan fingerprint density at radius 1 is 1.18 bits per heavy atom. The van der Waals surface area contributed by atoms with Crippen molar-refractivity contribution in [2.45, 2.75) is 38.8 Å². The van der Waals surface area contributed by atoms with Crippen LogP contribution in [0, 0.1) is 0 Å². The SMILES string of the molecule is CN(C)C(=O)c1cc(C2CC=CN2C(=O)OC(C)(C)C)c2nc(N3CCOCC3)cnc2c1. The fourth-order valence-corrected chi connectivity index (χ4v) is 4.01. The Morgan fingerprint density at radius 3 is 2.58 bits per heavy atom. The highest BCUT2D eigenvalue weighted by atomic mass is 16.6. The van der Waals surface area contributed by atoms with Gasteiger partial charge in [0.1, 0.15) is 11.4 Å². The van der Waals surface area contributed by atoms with Crippen LogP contribution in [-0.4, -0.2) is 77.8 Å². The van der Waals surface area contributed by atoms with E-state index in [1.807, 2.05) is 32.9 Å². The van der Waals surface area contributed by atoms with Crippen molar-refractivity contribution in [2.24, 2.45) is 0 Å². The molecule has 0 radical (unpaired) electrons. The molecule has 0 spiro atoms.